The number of aromatic nitrogens is 1. The first-order valence-corrected chi connectivity index (χ1v) is 11.3. The van der Waals surface area contributed by atoms with Crippen LogP contribution in [0.1, 0.15) is 52.8 Å². The highest BCUT2D eigenvalue weighted by atomic mass is 19.1. The molecule has 0 atom stereocenters. The number of nitrogens with one attached hydrogen (secondary N) is 1. The van der Waals surface area contributed by atoms with Crippen LogP contribution in [0.2, 0.25) is 0 Å². The molecule has 2 amide bonds. The third kappa shape index (κ3) is 5.49. The number of likely N-dealkylation sites (tertiary alicyclic amines) is 1. The molecule has 2 heterocycles. The molecule has 1 saturated heterocycles. The number of benzene rings is 2. The van der Waals surface area contributed by atoms with Crippen molar-refractivity contribution < 1.29 is 14.0 Å². The van der Waals surface area contributed by atoms with Crippen molar-refractivity contribution in [2.45, 2.75) is 32.1 Å². The number of nitrogens with zero attached hydrogens (tertiary/aromatic N) is 2. The number of fused-ring (bicyclic) bond motifs is 1. The Bertz CT molecular complexity index is 1080. The van der Waals surface area contributed by atoms with Crippen molar-refractivity contribution in [3.05, 3.63) is 77.9 Å². The number of unbranched alkanes of at least 4 members (excludes halogenated alkanes) is 1. The number of rotatable bonds is 7. The van der Waals surface area contributed by atoms with E-state index in [4.69, 9.17) is 0 Å². The van der Waals surface area contributed by atoms with E-state index in [1.54, 1.807) is 24.5 Å². The maximum absolute atomic E-state index is 13.1. The maximum atomic E-state index is 13.1. The summed E-state index contributed by atoms with van der Waals surface area (Å²) in [7, 11) is 0. The average molecular weight is 434 g/mol. The standard InChI is InChI=1S/C26H28FN3O2/c27-24-8-6-21(7-9-24)26(32)30-15-11-19(12-16-30)3-1-2-13-29-25(31)22-5-4-20-10-14-28-18-23(20)17-22/h4-10,14,17-19H,1-3,11-13,15-16H2,(H,29,31). The van der Waals surface area contributed by atoms with Crippen LogP contribution in [0.3, 0.4) is 0 Å². The molecule has 1 aromatic heterocycles. The Hall–Kier alpha value is -3.28. The highest BCUT2D eigenvalue weighted by Gasteiger charge is 2.23. The van der Waals surface area contributed by atoms with Crippen LogP contribution < -0.4 is 5.32 Å². The summed E-state index contributed by atoms with van der Waals surface area (Å²) >= 11 is 0. The second-order valence-electron chi connectivity index (χ2n) is 8.43. The Morgan fingerprint density at radius 2 is 1.72 bits per heavy atom. The lowest BCUT2D eigenvalue weighted by Gasteiger charge is -2.32. The summed E-state index contributed by atoms with van der Waals surface area (Å²) in [5.74, 6) is 0.209. The monoisotopic (exact) mass is 433 g/mol. The topological polar surface area (TPSA) is 62.3 Å². The molecule has 6 heteroatoms. The van der Waals surface area contributed by atoms with Crippen LogP contribution in [0, 0.1) is 11.7 Å². The van der Waals surface area contributed by atoms with Crippen molar-refractivity contribution in [1.29, 1.82) is 0 Å². The molecule has 0 radical (unpaired) electrons. The molecule has 1 fully saturated rings. The Morgan fingerprint density at radius 1 is 0.969 bits per heavy atom. The highest BCUT2D eigenvalue weighted by molar-refractivity contribution is 5.98. The van der Waals surface area contributed by atoms with Crippen molar-refractivity contribution in [2.24, 2.45) is 5.92 Å². The summed E-state index contributed by atoms with van der Waals surface area (Å²) in [4.78, 5) is 30.9. The van der Waals surface area contributed by atoms with E-state index in [1.807, 2.05) is 29.2 Å². The van der Waals surface area contributed by atoms with Crippen LogP contribution in [0.25, 0.3) is 10.8 Å². The minimum Gasteiger partial charge on any atom is -0.352 e. The van der Waals surface area contributed by atoms with Crippen LogP contribution in [-0.4, -0.2) is 41.3 Å². The van der Waals surface area contributed by atoms with Gasteiger partial charge < -0.3 is 10.2 Å². The second-order valence-corrected chi connectivity index (χ2v) is 8.43. The van der Waals surface area contributed by atoms with Gasteiger partial charge in [0.05, 0.1) is 0 Å². The summed E-state index contributed by atoms with van der Waals surface area (Å²) in [5.41, 5.74) is 1.20. The molecular formula is C26H28FN3O2. The van der Waals surface area contributed by atoms with Crippen molar-refractivity contribution in [2.75, 3.05) is 19.6 Å². The van der Waals surface area contributed by atoms with E-state index in [-0.39, 0.29) is 17.6 Å². The number of hydrogen-bond acceptors (Lipinski definition) is 3. The van der Waals surface area contributed by atoms with E-state index in [9.17, 15) is 14.0 Å². The molecule has 5 nitrogen and oxygen atoms in total. The summed E-state index contributed by atoms with van der Waals surface area (Å²) in [6.07, 6.45) is 8.60. The molecular weight excluding hydrogens is 405 g/mol. The molecule has 0 aliphatic carbocycles. The van der Waals surface area contributed by atoms with Gasteiger partial charge in [-0.05, 0) is 73.0 Å². The van der Waals surface area contributed by atoms with E-state index in [0.717, 1.165) is 56.0 Å². The van der Waals surface area contributed by atoms with Crippen LogP contribution in [0.15, 0.2) is 60.9 Å². The van der Waals surface area contributed by atoms with E-state index >= 15 is 0 Å². The minimum atomic E-state index is -0.328. The zero-order valence-electron chi connectivity index (χ0n) is 18.1. The Kier molecular flexibility index (Phi) is 7.10. The molecule has 1 aliphatic heterocycles. The molecule has 166 valence electrons. The zero-order chi connectivity index (χ0) is 22.3. The molecule has 0 bridgehead atoms. The summed E-state index contributed by atoms with van der Waals surface area (Å²) < 4.78 is 13.1. The van der Waals surface area contributed by atoms with Gasteiger partial charge in [0.1, 0.15) is 5.82 Å². The van der Waals surface area contributed by atoms with Gasteiger partial charge in [-0.15, -0.1) is 0 Å². The van der Waals surface area contributed by atoms with Gasteiger partial charge in [-0.2, -0.15) is 0 Å². The first-order chi connectivity index (χ1) is 15.6. The fraction of sp³-hybridized carbons (Fsp3) is 0.346. The quantitative estimate of drug-likeness (QED) is 0.543. The molecule has 1 aliphatic rings. The maximum Gasteiger partial charge on any atom is 0.253 e. The van der Waals surface area contributed by atoms with Gasteiger partial charge in [-0.25, -0.2) is 4.39 Å². The van der Waals surface area contributed by atoms with Gasteiger partial charge in [-0.1, -0.05) is 18.9 Å². The number of pyridine rings is 1. The molecule has 0 unspecified atom stereocenters. The van der Waals surface area contributed by atoms with Gasteiger partial charge in [-0.3, -0.25) is 14.6 Å². The predicted octanol–water partition coefficient (Wildman–Crippen LogP) is 4.83. The summed E-state index contributed by atoms with van der Waals surface area (Å²) in [5, 5.41) is 5.04. The number of halogens is 1. The number of carbonyl (C=O) groups excluding carboxylic acids is 2. The molecule has 1 N–H and O–H groups in total. The molecule has 0 spiro atoms. The average Bonchev–Trinajstić information content (AvgIpc) is 2.84. The Morgan fingerprint density at radius 3 is 2.50 bits per heavy atom. The van der Waals surface area contributed by atoms with Crippen molar-refractivity contribution >= 4 is 22.6 Å². The predicted molar refractivity (Wildman–Crippen MR) is 123 cm³/mol. The smallest absolute Gasteiger partial charge is 0.253 e. The Labute approximate surface area is 187 Å². The van der Waals surface area contributed by atoms with Gasteiger partial charge in [0, 0.05) is 48.5 Å². The van der Waals surface area contributed by atoms with Crippen molar-refractivity contribution in [1.82, 2.24) is 15.2 Å². The summed E-state index contributed by atoms with van der Waals surface area (Å²) in [6, 6.07) is 13.3. The van der Waals surface area contributed by atoms with Crippen LogP contribution >= 0.6 is 0 Å². The van der Waals surface area contributed by atoms with E-state index in [2.05, 4.69) is 10.3 Å². The lowest BCUT2D eigenvalue weighted by Crippen LogP contribution is -2.38. The number of hydrogen-bond donors (Lipinski definition) is 1. The Balaban J connectivity index is 1.14. The molecule has 3 aromatic rings. The molecule has 32 heavy (non-hydrogen) atoms. The molecule has 4 rings (SSSR count). The third-order valence-corrected chi connectivity index (χ3v) is 6.22. The highest BCUT2D eigenvalue weighted by Crippen LogP contribution is 2.24. The number of piperidine rings is 1. The molecule has 2 aromatic carbocycles. The van der Waals surface area contributed by atoms with Gasteiger partial charge in [0.25, 0.3) is 11.8 Å². The fourth-order valence-electron chi connectivity index (χ4n) is 4.29. The number of carbonyl (C=O) groups is 2. The second kappa shape index (κ2) is 10.4. The van der Waals surface area contributed by atoms with Gasteiger partial charge in [0.15, 0.2) is 0 Å². The lowest BCUT2D eigenvalue weighted by atomic mass is 9.91. The normalized spacial score (nSPS) is 14.5. The fourth-order valence-corrected chi connectivity index (χ4v) is 4.29. The van der Waals surface area contributed by atoms with E-state index in [0.29, 0.717) is 23.6 Å². The van der Waals surface area contributed by atoms with Crippen molar-refractivity contribution in [3.8, 4) is 0 Å². The minimum absolute atomic E-state index is 0.0179. The molecule has 0 saturated carbocycles. The largest absolute Gasteiger partial charge is 0.352 e. The zero-order valence-corrected chi connectivity index (χ0v) is 18.1. The summed E-state index contributed by atoms with van der Waals surface area (Å²) in [6.45, 7) is 2.15. The third-order valence-electron chi connectivity index (χ3n) is 6.22. The van der Waals surface area contributed by atoms with E-state index in [1.165, 1.54) is 12.1 Å². The van der Waals surface area contributed by atoms with Gasteiger partial charge >= 0.3 is 0 Å². The van der Waals surface area contributed by atoms with Gasteiger partial charge in [0.2, 0.25) is 0 Å². The van der Waals surface area contributed by atoms with E-state index < -0.39 is 0 Å². The number of amides is 2. The first-order valence-electron chi connectivity index (χ1n) is 11.3. The van der Waals surface area contributed by atoms with Crippen LogP contribution in [-0.2, 0) is 0 Å². The van der Waals surface area contributed by atoms with Crippen LogP contribution in [0.5, 0.6) is 0 Å². The SMILES string of the molecule is O=C(NCCCCC1CCN(C(=O)c2ccc(F)cc2)CC1)c1ccc2ccncc2c1. The van der Waals surface area contributed by atoms with Crippen LogP contribution in [0.4, 0.5) is 4.39 Å². The van der Waals surface area contributed by atoms with Crippen molar-refractivity contribution in [3.63, 3.8) is 0 Å². The lowest BCUT2D eigenvalue weighted by molar-refractivity contribution is 0.0685. The first kappa shape index (κ1) is 21.9.